The van der Waals surface area contributed by atoms with E-state index in [4.69, 9.17) is 4.74 Å². The molecule has 1 saturated carbocycles. The third-order valence-corrected chi connectivity index (χ3v) is 5.03. The molecule has 0 heterocycles. The molecule has 0 aromatic rings. The summed E-state index contributed by atoms with van der Waals surface area (Å²) in [4.78, 5) is 0. The van der Waals surface area contributed by atoms with Crippen molar-refractivity contribution in [2.24, 2.45) is 5.92 Å². The molecule has 1 aliphatic rings. The van der Waals surface area contributed by atoms with Crippen LogP contribution in [-0.4, -0.2) is 44.3 Å². The van der Waals surface area contributed by atoms with Crippen LogP contribution in [0.4, 0.5) is 0 Å². The van der Waals surface area contributed by atoms with Crippen LogP contribution < -0.4 is 0 Å². The van der Waals surface area contributed by atoms with Crippen LogP contribution in [0.25, 0.3) is 0 Å². The molecule has 5 heteroatoms. The first-order valence-electron chi connectivity index (χ1n) is 6.70. The van der Waals surface area contributed by atoms with Gasteiger partial charge >= 0.3 is 0 Å². The van der Waals surface area contributed by atoms with Crippen LogP contribution in [0.2, 0.25) is 0 Å². The van der Waals surface area contributed by atoms with Gasteiger partial charge < -0.3 is 9.84 Å². The van der Waals surface area contributed by atoms with Crippen LogP contribution in [0.5, 0.6) is 0 Å². The average Bonchev–Trinajstić information content (AvgIpc) is 2.27. The van der Waals surface area contributed by atoms with Crippen LogP contribution in [0.1, 0.15) is 45.4 Å². The monoisotopic (exact) mass is 278 g/mol. The fraction of sp³-hybridized carbons (Fsp3) is 1.00. The van der Waals surface area contributed by atoms with Gasteiger partial charge in [0.1, 0.15) is 9.84 Å². The molecule has 0 aliphatic heterocycles. The van der Waals surface area contributed by atoms with Gasteiger partial charge in [-0.25, -0.2) is 8.42 Å². The highest BCUT2D eigenvalue weighted by Gasteiger charge is 2.41. The van der Waals surface area contributed by atoms with Crippen molar-refractivity contribution in [3.05, 3.63) is 0 Å². The number of aliphatic hydroxyl groups is 1. The lowest BCUT2D eigenvalue weighted by Crippen LogP contribution is -2.47. The molecule has 1 rings (SSSR count). The van der Waals surface area contributed by atoms with E-state index >= 15 is 0 Å². The lowest BCUT2D eigenvalue weighted by Gasteiger charge is -2.42. The van der Waals surface area contributed by atoms with Gasteiger partial charge in [0, 0.05) is 19.1 Å². The number of hydrogen-bond donors (Lipinski definition) is 1. The number of ether oxygens (including phenoxy) is 1. The third kappa shape index (κ3) is 4.52. The molecule has 0 bridgehead atoms. The first kappa shape index (κ1) is 15.9. The smallest absolute Gasteiger partial charge is 0.147 e. The Labute approximate surface area is 111 Å². The molecule has 0 amide bonds. The molecule has 3 atom stereocenters. The molecular weight excluding hydrogens is 252 g/mol. The highest BCUT2D eigenvalue weighted by atomic mass is 32.2. The average molecular weight is 278 g/mol. The Kier molecular flexibility index (Phi) is 5.62. The molecule has 0 radical (unpaired) electrons. The molecule has 18 heavy (non-hydrogen) atoms. The van der Waals surface area contributed by atoms with Gasteiger partial charge in [0.2, 0.25) is 0 Å². The SMILES string of the molecule is COC1(C(O)CCCS(C)(=O)=O)CCCC(C)C1. The minimum absolute atomic E-state index is 0.138. The summed E-state index contributed by atoms with van der Waals surface area (Å²) in [6.07, 6.45) is 5.64. The standard InChI is InChI=1S/C13H26O4S/c1-11-6-4-8-13(10-11,17-2)12(14)7-5-9-18(3,15)16/h11-12,14H,4-10H2,1-3H3. The Balaban J connectivity index is 2.53. The van der Waals surface area contributed by atoms with Crippen molar-refractivity contribution in [3.63, 3.8) is 0 Å². The summed E-state index contributed by atoms with van der Waals surface area (Å²) in [6.45, 7) is 2.18. The highest BCUT2D eigenvalue weighted by molar-refractivity contribution is 7.90. The Hall–Kier alpha value is -0.130. The molecule has 0 saturated heterocycles. The Bertz CT molecular complexity index is 352. The first-order chi connectivity index (χ1) is 8.29. The van der Waals surface area contributed by atoms with Crippen molar-refractivity contribution in [1.82, 2.24) is 0 Å². The molecule has 3 unspecified atom stereocenters. The lowest BCUT2D eigenvalue weighted by molar-refractivity contribution is -0.133. The van der Waals surface area contributed by atoms with Crippen LogP contribution in [0.3, 0.4) is 0 Å². The van der Waals surface area contributed by atoms with Crippen molar-refractivity contribution >= 4 is 9.84 Å². The summed E-state index contributed by atoms with van der Waals surface area (Å²) >= 11 is 0. The number of rotatable bonds is 6. The van der Waals surface area contributed by atoms with Gasteiger partial charge in [0.25, 0.3) is 0 Å². The van der Waals surface area contributed by atoms with E-state index < -0.39 is 21.5 Å². The molecule has 0 aromatic heterocycles. The van der Waals surface area contributed by atoms with E-state index in [0.717, 1.165) is 19.3 Å². The third-order valence-electron chi connectivity index (χ3n) is 4.00. The number of sulfone groups is 1. The Morgan fingerprint density at radius 2 is 2.17 bits per heavy atom. The maximum absolute atomic E-state index is 11.1. The van der Waals surface area contributed by atoms with Gasteiger partial charge in [-0.3, -0.25) is 0 Å². The first-order valence-corrected chi connectivity index (χ1v) is 8.76. The summed E-state index contributed by atoms with van der Waals surface area (Å²) in [5.74, 6) is 0.697. The summed E-state index contributed by atoms with van der Waals surface area (Å²) in [5, 5.41) is 10.3. The molecule has 0 aromatic carbocycles. The zero-order chi connectivity index (χ0) is 13.8. The van der Waals surface area contributed by atoms with E-state index in [1.54, 1.807) is 7.11 Å². The van der Waals surface area contributed by atoms with E-state index in [-0.39, 0.29) is 5.75 Å². The fourth-order valence-corrected chi connectivity index (χ4v) is 3.66. The van der Waals surface area contributed by atoms with E-state index in [1.807, 2.05) is 0 Å². The van der Waals surface area contributed by atoms with Gasteiger partial charge in [-0.1, -0.05) is 19.8 Å². The summed E-state index contributed by atoms with van der Waals surface area (Å²) in [7, 11) is -1.29. The van der Waals surface area contributed by atoms with Crippen molar-refractivity contribution in [2.75, 3.05) is 19.1 Å². The van der Waals surface area contributed by atoms with Crippen molar-refractivity contribution < 1.29 is 18.3 Å². The van der Waals surface area contributed by atoms with Crippen LogP contribution in [0.15, 0.2) is 0 Å². The quantitative estimate of drug-likeness (QED) is 0.804. The maximum atomic E-state index is 11.1. The van der Waals surface area contributed by atoms with Crippen LogP contribution >= 0.6 is 0 Å². The van der Waals surface area contributed by atoms with E-state index in [9.17, 15) is 13.5 Å². The van der Waals surface area contributed by atoms with Crippen molar-refractivity contribution in [1.29, 1.82) is 0 Å². The second-order valence-corrected chi connectivity index (χ2v) is 8.02. The second kappa shape index (κ2) is 6.35. The summed E-state index contributed by atoms with van der Waals surface area (Å²) in [6, 6.07) is 0. The molecular formula is C13H26O4S. The predicted octanol–water partition coefficient (Wildman–Crippen LogP) is 1.77. The molecule has 1 N–H and O–H groups in total. The van der Waals surface area contributed by atoms with Crippen molar-refractivity contribution in [2.45, 2.75) is 57.2 Å². The maximum Gasteiger partial charge on any atom is 0.147 e. The van der Waals surface area contributed by atoms with Crippen LogP contribution in [-0.2, 0) is 14.6 Å². The van der Waals surface area contributed by atoms with E-state index in [1.165, 1.54) is 12.7 Å². The van der Waals surface area contributed by atoms with E-state index in [2.05, 4.69) is 6.92 Å². The predicted molar refractivity (Wildman–Crippen MR) is 72.3 cm³/mol. The summed E-state index contributed by atoms with van der Waals surface area (Å²) in [5.41, 5.74) is -0.463. The fourth-order valence-electron chi connectivity index (χ4n) is 2.97. The minimum atomic E-state index is -2.94. The second-order valence-electron chi connectivity index (χ2n) is 5.76. The zero-order valence-corrected chi connectivity index (χ0v) is 12.5. The molecule has 4 nitrogen and oxygen atoms in total. The summed E-state index contributed by atoms with van der Waals surface area (Å²) < 4.78 is 27.7. The Morgan fingerprint density at radius 1 is 1.50 bits per heavy atom. The normalized spacial score (nSPS) is 31.2. The van der Waals surface area contributed by atoms with Gasteiger partial charge in [0.15, 0.2) is 0 Å². The lowest BCUT2D eigenvalue weighted by atomic mass is 9.74. The van der Waals surface area contributed by atoms with E-state index in [0.29, 0.717) is 18.8 Å². The van der Waals surface area contributed by atoms with Crippen molar-refractivity contribution in [3.8, 4) is 0 Å². The Morgan fingerprint density at radius 3 is 2.67 bits per heavy atom. The van der Waals surface area contributed by atoms with Gasteiger partial charge in [-0.15, -0.1) is 0 Å². The molecule has 1 aliphatic carbocycles. The molecule has 108 valence electrons. The number of aliphatic hydroxyl groups excluding tert-OH is 1. The van der Waals surface area contributed by atoms with Gasteiger partial charge in [-0.05, 0) is 31.6 Å². The van der Waals surface area contributed by atoms with Gasteiger partial charge in [0.05, 0.1) is 11.7 Å². The number of methoxy groups -OCH3 is 1. The zero-order valence-electron chi connectivity index (χ0n) is 11.7. The number of hydrogen-bond acceptors (Lipinski definition) is 4. The van der Waals surface area contributed by atoms with Crippen LogP contribution in [0, 0.1) is 5.92 Å². The topological polar surface area (TPSA) is 63.6 Å². The molecule has 1 fully saturated rings. The largest absolute Gasteiger partial charge is 0.390 e. The van der Waals surface area contributed by atoms with Gasteiger partial charge in [-0.2, -0.15) is 0 Å². The molecule has 0 spiro atoms. The minimum Gasteiger partial charge on any atom is -0.390 e. The highest BCUT2D eigenvalue weighted by Crippen LogP contribution is 2.38.